The zero-order valence-corrected chi connectivity index (χ0v) is 21.8. The zero-order chi connectivity index (χ0) is 24.6. The molecule has 1 aliphatic heterocycles. The predicted octanol–water partition coefficient (Wildman–Crippen LogP) is 5.92. The van der Waals surface area contributed by atoms with Crippen molar-refractivity contribution in [2.75, 3.05) is 13.1 Å². The standard InChI is InChI=1S/C25H20Br2FN5O2/c1-16(20-4-2-3-5-21(20)27)33-13-23(30-31-33)25(28)14-32(15-25)24(34)22-12-19(10-11-29-22)35-18-8-6-17(26)7-9-18/h2-13,16H,14-15H2,1H3/t16-/m0/s1. The van der Waals surface area contributed by atoms with Gasteiger partial charge in [-0.05, 0) is 48.9 Å². The lowest BCUT2D eigenvalue weighted by Gasteiger charge is -2.42. The van der Waals surface area contributed by atoms with Gasteiger partial charge in [0.25, 0.3) is 5.91 Å². The van der Waals surface area contributed by atoms with E-state index in [0.29, 0.717) is 11.5 Å². The number of halogens is 3. The number of hydrogen-bond acceptors (Lipinski definition) is 5. The third-order valence-electron chi connectivity index (χ3n) is 5.89. The average Bonchev–Trinajstić information content (AvgIpc) is 3.34. The van der Waals surface area contributed by atoms with Gasteiger partial charge in [0.1, 0.15) is 22.9 Å². The van der Waals surface area contributed by atoms with Gasteiger partial charge < -0.3 is 9.64 Å². The maximum Gasteiger partial charge on any atom is 0.272 e. The van der Waals surface area contributed by atoms with Crippen LogP contribution in [-0.2, 0) is 5.67 Å². The quantitative estimate of drug-likeness (QED) is 0.275. The maximum atomic E-state index is 15.6. The van der Waals surface area contributed by atoms with Crippen molar-refractivity contribution in [2.24, 2.45) is 0 Å². The molecule has 4 aromatic rings. The first-order valence-electron chi connectivity index (χ1n) is 10.9. The smallest absolute Gasteiger partial charge is 0.272 e. The molecule has 1 aliphatic rings. The van der Waals surface area contributed by atoms with E-state index >= 15 is 4.39 Å². The van der Waals surface area contributed by atoms with Crippen LogP contribution in [0.15, 0.2) is 82.0 Å². The summed E-state index contributed by atoms with van der Waals surface area (Å²) < 4.78 is 24.9. The fourth-order valence-corrected chi connectivity index (χ4v) is 4.76. The fourth-order valence-electron chi connectivity index (χ4n) is 3.88. The number of amides is 1. The van der Waals surface area contributed by atoms with Crippen molar-refractivity contribution in [2.45, 2.75) is 18.6 Å². The van der Waals surface area contributed by atoms with Crippen molar-refractivity contribution >= 4 is 37.8 Å². The van der Waals surface area contributed by atoms with Crippen molar-refractivity contribution in [3.8, 4) is 11.5 Å². The van der Waals surface area contributed by atoms with E-state index < -0.39 is 5.67 Å². The summed E-state index contributed by atoms with van der Waals surface area (Å²) in [4.78, 5) is 18.5. The fraction of sp³-hybridized carbons (Fsp3) is 0.200. The van der Waals surface area contributed by atoms with Gasteiger partial charge in [-0.3, -0.25) is 9.78 Å². The molecule has 5 rings (SSSR count). The molecular weight excluding hydrogens is 581 g/mol. The number of carbonyl (C=O) groups excluding carboxylic acids is 1. The van der Waals surface area contributed by atoms with E-state index in [1.54, 1.807) is 23.0 Å². The van der Waals surface area contributed by atoms with Gasteiger partial charge in [-0.25, -0.2) is 9.07 Å². The van der Waals surface area contributed by atoms with Crippen LogP contribution in [0, 0.1) is 0 Å². The van der Waals surface area contributed by atoms with Gasteiger partial charge in [-0.2, -0.15) is 0 Å². The second-order valence-corrected chi connectivity index (χ2v) is 10.1. The Morgan fingerprint density at radius 3 is 2.57 bits per heavy atom. The second-order valence-electron chi connectivity index (χ2n) is 8.34. The Balaban J connectivity index is 1.25. The number of nitrogens with zero attached hydrogens (tertiary/aromatic N) is 5. The predicted molar refractivity (Wildman–Crippen MR) is 135 cm³/mol. The number of pyridine rings is 1. The van der Waals surface area contributed by atoms with Crippen LogP contribution in [0.1, 0.15) is 34.7 Å². The highest BCUT2D eigenvalue weighted by molar-refractivity contribution is 9.10. The minimum Gasteiger partial charge on any atom is -0.457 e. The van der Waals surface area contributed by atoms with E-state index in [0.717, 1.165) is 14.5 Å². The summed E-state index contributed by atoms with van der Waals surface area (Å²) in [6.45, 7) is 1.73. The molecule has 0 unspecified atom stereocenters. The molecule has 10 heteroatoms. The third-order valence-corrected chi connectivity index (χ3v) is 7.14. The summed E-state index contributed by atoms with van der Waals surface area (Å²) in [5.74, 6) is 0.736. The van der Waals surface area contributed by atoms with Gasteiger partial charge in [0.05, 0.1) is 25.3 Å². The summed E-state index contributed by atoms with van der Waals surface area (Å²) in [6, 6.07) is 18.2. The number of likely N-dealkylation sites (tertiary alicyclic amines) is 1. The molecule has 7 nitrogen and oxygen atoms in total. The molecule has 0 aliphatic carbocycles. The zero-order valence-electron chi connectivity index (χ0n) is 18.6. The highest BCUT2D eigenvalue weighted by Gasteiger charge is 2.50. The van der Waals surface area contributed by atoms with Crippen LogP contribution in [-0.4, -0.2) is 43.9 Å². The molecule has 0 saturated carbocycles. The van der Waals surface area contributed by atoms with E-state index in [-0.39, 0.29) is 36.4 Å². The topological polar surface area (TPSA) is 73.1 Å². The molecule has 178 valence electrons. The molecular formula is C25H20Br2FN5O2. The van der Waals surface area contributed by atoms with E-state index in [9.17, 15) is 4.79 Å². The second kappa shape index (κ2) is 9.50. The van der Waals surface area contributed by atoms with Crippen LogP contribution in [0.2, 0.25) is 0 Å². The van der Waals surface area contributed by atoms with Gasteiger partial charge in [0.2, 0.25) is 0 Å². The molecule has 2 aromatic carbocycles. The monoisotopic (exact) mass is 599 g/mol. The number of hydrogen-bond donors (Lipinski definition) is 0. The highest BCUT2D eigenvalue weighted by Crippen LogP contribution is 2.36. The van der Waals surface area contributed by atoms with Gasteiger partial charge in [-0.15, -0.1) is 5.10 Å². The molecule has 0 N–H and O–H groups in total. The van der Waals surface area contributed by atoms with Crippen molar-refractivity contribution in [3.05, 3.63) is 99.0 Å². The number of carbonyl (C=O) groups is 1. The van der Waals surface area contributed by atoms with Crippen LogP contribution >= 0.6 is 31.9 Å². The molecule has 0 spiro atoms. The lowest BCUT2D eigenvalue weighted by atomic mass is 9.92. The molecule has 1 fully saturated rings. The molecule has 0 bridgehead atoms. The molecule has 0 radical (unpaired) electrons. The summed E-state index contributed by atoms with van der Waals surface area (Å²) in [6.07, 6.45) is 3.11. The Morgan fingerprint density at radius 1 is 1.09 bits per heavy atom. The molecule has 1 amide bonds. The molecule has 35 heavy (non-hydrogen) atoms. The van der Waals surface area contributed by atoms with Gasteiger partial charge in [0.15, 0.2) is 5.67 Å². The maximum absolute atomic E-state index is 15.6. The van der Waals surface area contributed by atoms with Crippen LogP contribution < -0.4 is 4.74 Å². The van der Waals surface area contributed by atoms with E-state index in [1.807, 2.05) is 55.5 Å². The lowest BCUT2D eigenvalue weighted by molar-refractivity contribution is -0.0261. The Hall–Kier alpha value is -3.11. The first kappa shape index (κ1) is 23.6. The number of benzene rings is 2. The minimum absolute atomic E-state index is 0.118. The minimum atomic E-state index is -1.76. The van der Waals surface area contributed by atoms with Crippen LogP contribution in [0.4, 0.5) is 4.39 Å². The number of alkyl halides is 1. The van der Waals surface area contributed by atoms with E-state index in [2.05, 4.69) is 47.2 Å². The summed E-state index contributed by atoms with van der Waals surface area (Å²) in [5, 5.41) is 8.20. The van der Waals surface area contributed by atoms with Crippen LogP contribution in [0.3, 0.4) is 0 Å². The third kappa shape index (κ3) is 4.85. The van der Waals surface area contributed by atoms with Crippen molar-refractivity contribution in [3.63, 3.8) is 0 Å². The molecule has 3 heterocycles. The Bertz CT molecular complexity index is 1370. The Kier molecular flexibility index (Phi) is 6.41. The molecule has 1 saturated heterocycles. The van der Waals surface area contributed by atoms with Crippen LogP contribution in [0.5, 0.6) is 11.5 Å². The SMILES string of the molecule is C[C@@H](c1ccccc1Br)n1cc(C2(F)CN(C(=O)c3cc(Oc4ccc(Br)cc4)ccn3)C2)nn1. The number of ether oxygens (including phenoxy) is 1. The van der Waals surface area contributed by atoms with Crippen LogP contribution in [0.25, 0.3) is 0 Å². The number of rotatable bonds is 6. The summed E-state index contributed by atoms with van der Waals surface area (Å²) in [7, 11) is 0. The largest absolute Gasteiger partial charge is 0.457 e. The molecule has 1 atom stereocenters. The van der Waals surface area contributed by atoms with E-state index in [4.69, 9.17) is 4.74 Å². The lowest BCUT2D eigenvalue weighted by Crippen LogP contribution is -2.59. The number of aromatic nitrogens is 4. The Morgan fingerprint density at radius 2 is 1.83 bits per heavy atom. The van der Waals surface area contributed by atoms with Crippen molar-refractivity contribution < 1.29 is 13.9 Å². The van der Waals surface area contributed by atoms with E-state index in [1.165, 1.54) is 11.1 Å². The van der Waals surface area contributed by atoms with Gasteiger partial charge in [0, 0.05) is 21.2 Å². The van der Waals surface area contributed by atoms with Crippen molar-refractivity contribution in [1.82, 2.24) is 24.9 Å². The normalized spacial score (nSPS) is 15.4. The Labute approximate surface area is 218 Å². The van der Waals surface area contributed by atoms with Gasteiger partial charge >= 0.3 is 0 Å². The summed E-state index contributed by atoms with van der Waals surface area (Å²) >= 11 is 6.92. The first-order valence-corrected chi connectivity index (χ1v) is 12.5. The van der Waals surface area contributed by atoms with Gasteiger partial charge in [-0.1, -0.05) is 55.3 Å². The highest BCUT2D eigenvalue weighted by atomic mass is 79.9. The van der Waals surface area contributed by atoms with Crippen molar-refractivity contribution in [1.29, 1.82) is 0 Å². The summed E-state index contributed by atoms with van der Waals surface area (Å²) in [5.41, 5.74) is -0.347. The average molecular weight is 601 g/mol. The molecule has 2 aromatic heterocycles. The first-order chi connectivity index (χ1) is 16.8.